The molecule has 4 nitrogen and oxygen atoms in total. The van der Waals surface area contributed by atoms with Crippen molar-refractivity contribution in [2.24, 2.45) is 0 Å². The lowest BCUT2D eigenvalue weighted by Crippen LogP contribution is -3.12. The molecule has 0 aliphatic carbocycles. The minimum Gasteiger partial charge on any atom is -0.360 e. The monoisotopic (exact) mass is 378 g/mol. The van der Waals surface area contributed by atoms with E-state index >= 15 is 0 Å². The van der Waals surface area contributed by atoms with Crippen molar-refractivity contribution in [2.45, 2.75) is 6.42 Å². The highest BCUT2D eigenvalue weighted by atomic mass is 35.5. The number of nitrogens with zero attached hydrogens (tertiary/aromatic N) is 1. The number of amides is 1. The molecule has 2 aromatic carbocycles. The molecular weight excluding hydrogens is 357 g/mol. The maximum atomic E-state index is 12.3. The Morgan fingerprint density at radius 1 is 1.08 bits per heavy atom. The highest BCUT2D eigenvalue weighted by Gasteiger charge is 2.17. The first-order chi connectivity index (χ1) is 12.0. The molecule has 1 fully saturated rings. The molecular formula is C19H22Cl2N3O+. The molecule has 132 valence electrons. The van der Waals surface area contributed by atoms with Gasteiger partial charge in [0.1, 0.15) is 0 Å². The highest BCUT2D eigenvalue weighted by molar-refractivity contribution is 6.36. The third-order valence-electron chi connectivity index (χ3n) is 4.53. The number of carbonyl (C=O) groups is 1. The van der Waals surface area contributed by atoms with Gasteiger partial charge in [-0.3, -0.25) is 4.79 Å². The Bertz CT molecular complexity index is 721. The van der Waals surface area contributed by atoms with Crippen LogP contribution in [0.25, 0.3) is 0 Å². The Kier molecular flexibility index (Phi) is 5.84. The first-order valence-electron chi connectivity index (χ1n) is 8.42. The van der Waals surface area contributed by atoms with Gasteiger partial charge in [0, 0.05) is 21.4 Å². The lowest BCUT2D eigenvalue weighted by Gasteiger charge is -2.31. The third kappa shape index (κ3) is 4.66. The van der Waals surface area contributed by atoms with Crippen LogP contribution in [0.2, 0.25) is 10.0 Å². The lowest BCUT2D eigenvalue weighted by atomic mass is 10.1. The van der Waals surface area contributed by atoms with E-state index in [-0.39, 0.29) is 12.3 Å². The number of quaternary nitrogens is 1. The van der Waals surface area contributed by atoms with Crippen molar-refractivity contribution in [1.29, 1.82) is 0 Å². The molecule has 0 saturated carbocycles. The van der Waals surface area contributed by atoms with Crippen molar-refractivity contribution >= 4 is 40.5 Å². The zero-order valence-corrected chi connectivity index (χ0v) is 15.7. The van der Waals surface area contributed by atoms with E-state index in [1.165, 1.54) is 5.69 Å². The van der Waals surface area contributed by atoms with Gasteiger partial charge in [0.2, 0.25) is 5.91 Å². The minimum absolute atomic E-state index is 0.133. The van der Waals surface area contributed by atoms with Crippen molar-refractivity contribution < 1.29 is 9.69 Å². The van der Waals surface area contributed by atoms with Crippen molar-refractivity contribution in [3.05, 3.63) is 58.1 Å². The Labute approximate surface area is 158 Å². The van der Waals surface area contributed by atoms with Crippen molar-refractivity contribution in [1.82, 2.24) is 0 Å². The summed E-state index contributed by atoms with van der Waals surface area (Å²) in [6, 6.07) is 13.2. The van der Waals surface area contributed by atoms with E-state index in [2.05, 4.69) is 29.4 Å². The van der Waals surface area contributed by atoms with Crippen LogP contribution in [0.4, 0.5) is 11.4 Å². The summed E-state index contributed by atoms with van der Waals surface area (Å²) in [4.78, 5) is 16.2. The predicted molar refractivity (Wildman–Crippen MR) is 104 cm³/mol. The van der Waals surface area contributed by atoms with Gasteiger partial charge < -0.3 is 15.1 Å². The van der Waals surface area contributed by atoms with Crippen molar-refractivity contribution in [3.8, 4) is 0 Å². The van der Waals surface area contributed by atoms with Gasteiger partial charge in [-0.05, 0) is 42.0 Å². The van der Waals surface area contributed by atoms with Crippen LogP contribution in [0.15, 0.2) is 42.5 Å². The number of benzene rings is 2. The fraction of sp³-hybridized carbons (Fsp3) is 0.316. The summed E-state index contributed by atoms with van der Waals surface area (Å²) in [5.74, 6) is -0.133. The molecule has 0 aromatic heterocycles. The summed E-state index contributed by atoms with van der Waals surface area (Å²) >= 11 is 12.2. The number of anilines is 2. The van der Waals surface area contributed by atoms with Gasteiger partial charge in [0.25, 0.3) is 0 Å². The fourth-order valence-corrected chi connectivity index (χ4v) is 3.50. The van der Waals surface area contributed by atoms with Crippen LogP contribution in [0.5, 0.6) is 0 Å². The second kappa shape index (κ2) is 8.09. The standard InChI is InChI=1S/C19H21Cl2N3O/c1-23-9-11-24(12-10-23)15-7-5-14(6-8-15)22-19(25)13-16-17(20)3-2-4-18(16)21/h2-8H,9-13H2,1H3,(H,22,25)/p+1. The Morgan fingerprint density at radius 3 is 2.28 bits per heavy atom. The molecule has 3 rings (SSSR count). The molecule has 0 radical (unpaired) electrons. The minimum atomic E-state index is -0.133. The molecule has 1 saturated heterocycles. The molecule has 25 heavy (non-hydrogen) atoms. The van der Waals surface area contributed by atoms with Gasteiger partial charge in [-0.25, -0.2) is 0 Å². The normalized spacial score (nSPS) is 15.2. The summed E-state index contributed by atoms with van der Waals surface area (Å²) in [5.41, 5.74) is 2.62. The first kappa shape index (κ1) is 18.1. The summed E-state index contributed by atoms with van der Waals surface area (Å²) < 4.78 is 0. The van der Waals surface area contributed by atoms with Crippen LogP contribution in [-0.2, 0) is 11.2 Å². The quantitative estimate of drug-likeness (QED) is 0.857. The summed E-state index contributed by atoms with van der Waals surface area (Å²) in [5, 5.41) is 3.92. The van der Waals surface area contributed by atoms with Crippen LogP contribution < -0.4 is 15.1 Å². The van der Waals surface area contributed by atoms with Gasteiger partial charge in [-0.15, -0.1) is 0 Å². The zero-order valence-electron chi connectivity index (χ0n) is 14.2. The second-order valence-electron chi connectivity index (χ2n) is 6.42. The number of nitrogens with one attached hydrogen (secondary N) is 2. The van der Waals surface area contributed by atoms with Crippen molar-refractivity contribution in [2.75, 3.05) is 43.4 Å². The Balaban J connectivity index is 1.60. The van der Waals surface area contributed by atoms with Crippen molar-refractivity contribution in [3.63, 3.8) is 0 Å². The van der Waals surface area contributed by atoms with Crippen LogP contribution >= 0.6 is 23.2 Å². The van der Waals surface area contributed by atoms with E-state index < -0.39 is 0 Å². The number of rotatable bonds is 4. The third-order valence-corrected chi connectivity index (χ3v) is 5.24. The molecule has 0 spiro atoms. The van der Waals surface area contributed by atoms with E-state index in [1.54, 1.807) is 23.1 Å². The lowest BCUT2D eigenvalue weighted by molar-refractivity contribution is -0.880. The second-order valence-corrected chi connectivity index (χ2v) is 7.23. The van der Waals surface area contributed by atoms with E-state index in [0.29, 0.717) is 15.6 Å². The smallest absolute Gasteiger partial charge is 0.228 e. The summed E-state index contributed by atoms with van der Waals surface area (Å²) in [7, 11) is 2.22. The maximum absolute atomic E-state index is 12.3. The van der Waals surface area contributed by atoms with Crippen LogP contribution in [0.3, 0.4) is 0 Å². The zero-order chi connectivity index (χ0) is 17.8. The Morgan fingerprint density at radius 2 is 1.68 bits per heavy atom. The molecule has 1 aliphatic rings. The molecule has 1 aliphatic heterocycles. The van der Waals surface area contributed by atoms with Gasteiger partial charge in [0.15, 0.2) is 0 Å². The van der Waals surface area contributed by atoms with E-state index in [1.807, 2.05) is 12.1 Å². The molecule has 6 heteroatoms. The number of hydrogen-bond donors (Lipinski definition) is 2. The molecule has 2 aromatic rings. The maximum Gasteiger partial charge on any atom is 0.228 e. The number of likely N-dealkylation sites (N-methyl/N-ethyl adjacent to an activating group) is 1. The van der Waals surface area contributed by atoms with Gasteiger partial charge in [0.05, 0.1) is 39.6 Å². The van der Waals surface area contributed by atoms with Gasteiger partial charge >= 0.3 is 0 Å². The molecule has 2 N–H and O–H groups in total. The number of halogens is 2. The average molecular weight is 379 g/mol. The van der Waals surface area contributed by atoms with E-state index in [9.17, 15) is 4.79 Å². The van der Waals surface area contributed by atoms with Gasteiger partial charge in [-0.1, -0.05) is 29.3 Å². The largest absolute Gasteiger partial charge is 0.360 e. The fourth-order valence-electron chi connectivity index (χ4n) is 2.97. The highest BCUT2D eigenvalue weighted by Crippen LogP contribution is 2.25. The summed E-state index contributed by atoms with van der Waals surface area (Å²) in [6.07, 6.45) is 0.154. The van der Waals surface area contributed by atoms with Gasteiger partial charge in [-0.2, -0.15) is 0 Å². The topological polar surface area (TPSA) is 36.8 Å². The van der Waals surface area contributed by atoms with Crippen LogP contribution in [-0.4, -0.2) is 39.1 Å². The predicted octanol–water partition coefficient (Wildman–Crippen LogP) is 2.51. The van der Waals surface area contributed by atoms with Crippen LogP contribution in [0, 0.1) is 0 Å². The summed E-state index contributed by atoms with van der Waals surface area (Å²) in [6.45, 7) is 4.42. The Hall–Kier alpha value is -1.75. The molecule has 0 atom stereocenters. The van der Waals surface area contributed by atoms with E-state index in [4.69, 9.17) is 23.2 Å². The number of hydrogen-bond acceptors (Lipinski definition) is 2. The van der Waals surface area contributed by atoms with Crippen LogP contribution in [0.1, 0.15) is 5.56 Å². The molecule has 0 bridgehead atoms. The molecule has 0 unspecified atom stereocenters. The SMILES string of the molecule is C[NH+]1CCN(c2ccc(NC(=O)Cc3c(Cl)cccc3Cl)cc2)CC1. The van der Waals surface area contributed by atoms with E-state index in [0.717, 1.165) is 31.9 Å². The number of carbonyl (C=O) groups excluding carboxylic acids is 1. The average Bonchev–Trinajstić information content (AvgIpc) is 2.60. The molecule has 1 heterocycles. The number of piperazine rings is 1. The first-order valence-corrected chi connectivity index (χ1v) is 9.17. The molecule has 1 amide bonds.